The summed E-state index contributed by atoms with van der Waals surface area (Å²) in [5, 5.41) is 0. The Hall–Kier alpha value is -1.84. The van der Waals surface area contributed by atoms with E-state index in [2.05, 4.69) is 23.8 Å². The number of hydrogen-bond acceptors (Lipinski definition) is 3. The topological polar surface area (TPSA) is 56.7 Å². The van der Waals surface area contributed by atoms with E-state index in [1.165, 1.54) is 0 Å². The molecule has 2 rings (SSSR count). The van der Waals surface area contributed by atoms with Gasteiger partial charge in [0, 0.05) is 30.9 Å². The summed E-state index contributed by atoms with van der Waals surface area (Å²) in [4.78, 5) is 8.66. The number of aromatic nitrogens is 3. The van der Waals surface area contributed by atoms with Crippen LogP contribution in [-0.2, 0) is 7.05 Å². The Morgan fingerprint density at radius 2 is 2.12 bits per heavy atom. The highest BCUT2D eigenvalue weighted by molar-refractivity contribution is 5.70. The van der Waals surface area contributed by atoms with Crippen molar-refractivity contribution in [3.8, 4) is 11.3 Å². The summed E-state index contributed by atoms with van der Waals surface area (Å²) in [6.07, 6.45) is 3.52. The fourth-order valence-corrected chi connectivity index (χ4v) is 1.76. The predicted molar refractivity (Wildman–Crippen MR) is 64.9 cm³/mol. The summed E-state index contributed by atoms with van der Waals surface area (Å²) in [6.45, 7) is 4.21. The molecular formula is C12H16N4. The van der Waals surface area contributed by atoms with Gasteiger partial charge >= 0.3 is 0 Å². The van der Waals surface area contributed by atoms with E-state index in [9.17, 15) is 0 Å². The van der Waals surface area contributed by atoms with Crippen molar-refractivity contribution in [2.75, 3.05) is 5.73 Å². The van der Waals surface area contributed by atoms with Crippen molar-refractivity contribution < 1.29 is 0 Å². The minimum atomic E-state index is 0.359. The van der Waals surface area contributed by atoms with E-state index in [1.807, 2.05) is 23.7 Å². The summed E-state index contributed by atoms with van der Waals surface area (Å²) in [5.74, 6) is 2.05. The Labute approximate surface area is 95.1 Å². The Morgan fingerprint density at radius 3 is 2.62 bits per heavy atom. The summed E-state index contributed by atoms with van der Waals surface area (Å²) in [6, 6.07) is 3.86. The molecule has 0 aliphatic carbocycles. The van der Waals surface area contributed by atoms with E-state index < -0.39 is 0 Å². The van der Waals surface area contributed by atoms with Crippen LogP contribution in [0.15, 0.2) is 24.5 Å². The summed E-state index contributed by atoms with van der Waals surface area (Å²) >= 11 is 0. The number of nitrogens with two attached hydrogens (primary N) is 1. The lowest BCUT2D eigenvalue weighted by Gasteiger charge is -2.04. The molecule has 0 aliphatic heterocycles. The number of anilines is 1. The monoisotopic (exact) mass is 216 g/mol. The van der Waals surface area contributed by atoms with Crippen LogP contribution in [0.5, 0.6) is 0 Å². The van der Waals surface area contributed by atoms with Crippen LogP contribution in [-0.4, -0.2) is 14.5 Å². The van der Waals surface area contributed by atoms with Crippen molar-refractivity contribution in [2.24, 2.45) is 7.05 Å². The third kappa shape index (κ3) is 1.66. The quantitative estimate of drug-likeness (QED) is 0.837. The van der Waals surface area contributed by atoms with Gasteiger partial charge in [-0.15, -0.1) is 0 Å². The summed E-state index contributed by atoms with van der Waals surface area (Å²) < 4.78 is 1.94. The van der Waals surface area contributed by atoms with Gasteiger partial charge in [0.25, 0.3) is 0 Å². The lowest BCUT2D eigenvalue weighted by atomic mass is 10.2. The fourth-order valence-electron chi connectivity index (χ4n) is 1.76. The first-order valence-corrected chi connectivity index (χ1v) is 5.33. The molecule has 2 aromatic rings. The van der Waals surface area contributed by atoms with Crippen molar-refractivity contribution >= 4 is 5.82 Å². The number of hydrogen-bond donors (Lipinski definition) is 1. The van der Waals surface area contributed by atoms with Gasteiger partial charge in [-0.25, -0.2) is 4.98 Å². The Bertz CT molecular complexity index is 485. The van der Waals surface area contributed by atoms with Gasteiger partial charge in [0.05, 0.1) is 0 Å². The van der Waals surface area contributed by atoms with Crippen molar-refractivity contribution in [2.45, 2.75) is 19.8 Å². The van der Waals surface area contributed by atoms with Crippen molar-refractivity contribution in [3.63, 3.8) is 0 Å². The lowest BCUT2D eigenvalue weighted by molar-refractivity contribution is 0.715. The first-order chi connectivity index (χ1) is 7.61. The SMILES string of the molecule is CC(C)c1nc(-c2cccnc2)c(N)n1C. The first-order valence-electron chi connectivity index (χ1n) is 5.33. The minimum Gasteiger partial charge on any atom is -0.383 e. The molecule has 0 saturated heterocycles. The van der Waals surface area contributed by atoms with E-state index >= 15 is 0 Å². The molecule has 0 amide bonds. The second kappa shape index (κ2) is 3.96. The van der Waals surface area contributed by atoms with Crippen LogP contribution < -0.4 is 5.73 Å². The number of pyridine rings is 1. The van der Waals surface area contributed by atoms with Gasteiger partial charge in [0.15, 0.2) is 0 Å². The van der Waals surface area contributed by atoms with E-state index in [1.54, 1.807) is 12.4 Å². The van der Waals surface area contributed by atoms with E-state index in [-0.39, 0.29) is 0 Å². The van der Waals surface area contributed by atoms with Crippen LogP contribution in [0.3, 0.4) is 0 Å². The minimum absolute atomic E-state index is 0.359. The second-order valence-corrected chi connectivity index (χ2v) is 4.16. The van der Waals surface area contributed by atoms with Gasteiger partial charge < -0.3 is 10.3 Å². The maximum atomic E-state index is 6.05. The standard InChI is InChI=1S/C12H16N4/c1-8(2)12-15-10(11(13)16(12)3)9-5-4-6-14-7-9/h4-8H,13H2,1-3H3. The molecule has 0 aromatic carbocycles. The molecule has 4 heteroatoms. The van der Waals surface area contributed by atoms with Crippen molar-refractivity contribution in [1.82, 2.24) is 14.5 Å². The molecule has 0 fully saturated rings. The molecule has 0 aliphatic rings. The van der Waals surface area contributed by atoms with Crippen molar-refractivity contribution in [1.29, 1.82) is 0 Å². The third-order valence-corrected chi connectivity index (χ3v) is 2.63. The van der Waals surface area contributed by atoms with Crippen LogP contribution >= 0.6 is 0 Å². The molecule has 2 N–H and O–H groups in total. The number of imidazole rings is 1. The highest BCUT2D eigenvalue weighted by Crippen LogP contribution is 2.27. The van der Waals surface area contributed by atoms with Crippen LogP contribution in [0.1, 0.15) is 25.6 Å². The Balaban J connectivity index is 2.55. The zero-order valence-corrected chi connectivity index (χ0v) is 9.81. The molecule has 0 spiro atoms. The molecule has 84 valence electrons. The number of rotatable bonds is 2. The molecular weight excluding hydrogens is 200 g/mol. The molecule has 2 aromatic heterocycles. The Morgan fingerprint density at radius 1 is 1.38 bits per heavy atom. The van der Waals surface area contributed by atoms with Gasteiger partial charge in [-0.2, -0.15) is 0 Å². The Kier molecular flexibility index (Phi) is 2.64. The molecule has 2 heterocycles. The van der Waals surface area contributed by atoms with Gasteiger partial charge in [0.2, 0.25) is 0 Å². The van der Waals surface area contributed by atoms with Crippen LogP contribution in [0.2, 0.25) is 0 Å². The van der Waals surface area contributed by atoms with E-state index in [0.29, 0.717) is 11.7 Å². The van der Waals surface area contributed by atoms with E-state index in [4.69, 9.17) is 5.73 Å². The molecule has 0 atom stereocenters. The zero-order chi connectivity index (χ0) is 11.7. The van der Waals surface area contributed by atoms with E-state index in [0.717, 1.165) is 17.1 Å². The van der Waals surface area contributed by atoms with Gasteiger partial charge in [0.1, 0.15) is 17.3 Å². The van der Waals surface area contributed by atoms with Crippen molar-refractivity contribution in [3.05, 3.63) is 30.4 Å². The van der Waals surface area contributed by atoms with Crippen LogP contribution in [0.4, 0.5) is 5.82 Å². The molecule has 0 bridgehead atoms. The average Bonchev–Trinajstić information content (AvgIpc) is 2.58. The summed E-state index contributed by atoms with van der Waals surface area (Å²) in [7, 11) is 1.94. The lowest BCUT2D eigenvalue weighted by Crippen LogP contribution is -2.02. The van der Waals surface area contributed by atoms with Crippen LogP contribution in [0.25, 0.3) is 11.3 Å². The maximum Gasteiger partial charge on any atom is 0.131 e. The second-order valence-electron chi connectivity index (χ2n) is 4.16. The molecule has 0 unspecified atom stereocenters. The molecule has 0 radical (unpaired) electrons. The highest BCUT2D eigenvalue weighted by atomic mass is 15.1. The van der Waals surface area contributed by atoms with Gasteiger partial charge in [-0.3, -0.25) is 4.98 Å². The van der Waals surface area contributed by atoms with Crippen LogP contribution in [0, 0.1) is 0 Å². The zero-order valence-electron chi connectivity index (χ0n) is 9.81. The molecule has 0 saturated carbocycles. The average molecular weight is 216 g/mol. The fraction of sp³-hybridized carbons (Fsp3) is 0.333. The normalized spacial score (nSPS) is 11.0. The largest absolute Gasteiger partial charge is 0.383 e. The maximum absolute atomic E-state index is 6.05. The highest BCUT2D eigenvalue weighted by Gasteiger charge is 2.15. The predicted octanol–water partition coefficient (Wildman–Crippen LogP) is 2.19. The van der Waals surface area contributed by atoms with Gasteiger partial charge in [-0.1, -0.05) is 13.8 Å². The van der Waals surface area contributed by atoms with Gasteiger partial charge in [-0.05, 0) is 12.1 Å². The smallest absolute Gasteiger partial charge is 0.131 e. The molecule has 16 heavy (non-hydrogen) atoms. The molecule has 4 nitrogen and oxygen atoms in total. The number of nitrogen functional groups attached to an aromatic ring is 1. The number of nitrogens with zero attached hydrogens (tertiary/aromatic N) is 3. The first kappa shape index (κ1) is 10.7. The third-order valence-electron chi connectivity index (χ3n) is 2.63. The summed E-state index contributed by atoms with van der Waals surface area (Å²) in [5.41, 5.74) is 7.83.